The second kappa shape index (κ2) is 17.9. The second-order valence-electron chi connectivity index (χ2n) is 16.3. The highest BCUT2D eigenvalue weighted by Crippen LogP contribution is 2.39. The van der Waals surface area contributed by atoms with Gasteiger partial charge < -0.3 is 34.4 Å². The number of anilines is 4. The molecule has 0 aliphatic carbocycles. The number of benzene rings is 4. The topological polar surface area (TPSA) is 128 Å². The molecule has 0 radical (unpaired) electrons. The summed E-state index contributed by atoms with van der Waals surface area (Å²) in [5.41, 5.74) is 8.87. The number of hydrogen-bond acceptors (Lipinski definition) is 12. The van der Waals surface area contributed by atoms with E-state index in [0.29, 0.717) is 57.3 Å². The van der Waals surface area contributed by atoms with E-state index in [9.17, 15) is 5.26 Å². The summed E-state index contributed by atoms with van der Waals surface area (Å²) in [5.74, 6) is 2.03. The van der Waals surface area contributed by atoms with Crippen LogP contribution in [0.3, 0.4) is 0 Å². The maximum Gasteiger partial charge on any atom is 0.247 e. The number of piperazine rings is 2. The maximum absolute atomic E-state index is 10.7. The Morgan fingerprint density at radius 2 is 1.30 bits per heavy atom. The summed E-state index contributed by atoms with van der Waals surface area (Å²) < 4.78 is 16.4. The molecule has 0 unspecified atom stereocenters. The average Bonchev–Trinajstić information content (AvgIpc) is 3.95. The maximum atomic E-state index is 10.7. The van der Waals surface area contributed by atoms with Gasteiger partial charge in [-0.3, -0.25) is 0 Å². The van der Waals surface area contributed by atoms with Gasteiger partial charge in [-0.15, -0.1) is 10.2 Å². The van der Waals surface area contributed by atoms with Crippen LogP contribution in [0.15, 0.2) is 122 Å². The summed E-state index contributed by atoms with van der Waals surface area (Å²) in [7, 11) is 4.31. The van der Waals surface area contributed by atoms with Gasteiger partial charge in [0.25, 0.3) is 0 Å². The van der Waals surface area contributed by atoms with Crippen molar-refractivity contribution in [1.29, 1.82) is 5.26 Å². The minimum absolute atomic E-state index is 0.0640. The number of nitrogens with zero attached hydrogens (tertiary/aromatic N) is 11. The normalized spacial score (nSPS) is 14.8. The lowest BCUT2D eigenvalue weighted by molar-refractivity contribution is 0.308. The number of rotatable bonds is 12. The molecule has 4 aromatic carbocycles. The van der Waals surface area contributed by atoms with Gasteiger partial charge in [0.05, 0.1) is 11.6 Å². The lowest BCUT2D eigenvalue weighted by atomic mass is 9.90. The van der Waals surface area contributed by atoms with Gasteiger partial charge in [-0.1, -0.05) is 41.9 Å². The van der Waals surface area contributed by atoms with Crippen molar-refractivity contribution in [2.45, 2.75) is 13.2 Å². The van der Waals surface area contributed by atoms with Crippen molar-refractivity contribution in [2.24, 2.45) is 0 Å². The third-order valence-corrected chi connectivity index (χ3v) is 12.2. The summed E-state index contributed by atoms with van der Waals surface area (Å²) in [6.45, 7) is 8.15. The van der Waals surface area contributed by atoms with E-state index in [1.807, 2.05) is 79.1 Å². The van der Waals surface area contributed by atoms with Gasteiger partial charge in [-0.25, -0.2) is 14.0 Å². The molecule has 0 saturated carbocycles. The van der Waals surface area contributed by atoms with Crippen LogP contribution in [0.4, 0.5) is 23.0 Å². The SMILES string of the molecule is CN1CCN(c2cccc(Nc3nc4c(OCc5c(C#N)ccc(-c6nc7c(OCc8cccc(Cl)c8)cccn7n6)c5-c5cccc(N6CCN(C)CC6)c5)cccn4n3)c2)CC1. The van der Waals surface area contributed by atoms with Gasteiger partial charge in [-0.2, -0.15) is 10.2 Å². The number of ether oxygens (including phenoxy) is 2. The zero-order chi connectivity index (χ0) is 43.6. The van der Waals surface area contributed by atoms with E-state index in [0.717, 1.165) is 91.7 Å². The molecule has 4 aromatic heterocycles. The highest BCUT2D eigenvalue weighted by atomic mass is 35.5. The molecule has 322 valence electrons. The molecule has 2 aliphatic heterocycles. The van der Waals surface area contributed by atoms with E-state index in [2.05, 4.69) is 87.5 Å². The molecule has 1 N–H and O–H groups in total. The fraction of sp³-hybridized carbons (Fsp3) is 0.245. The Labute approximate surface area is 376 Å². The number of nitrogens with one attached hydrogen (secondary N) is 1. The largest absolute Gasteiger partial charge is 0.485 e. The average molecular weight is 871 g/mol. The minimum Gasteiger partial charge on any atom is -0.485 e. The molecule has 0 amide bonds. The minimum atomic E-state index is 0.0640. The molecule has 2 aliphatic rings. The standard InChI is InChI=1S/C49H47ClN12O2/c1-57-20-24-59(25-21-57)39-12-4-9-35(29-39)45-41(46-53-47-43(14-6-18-61(47)55-46)63-32-34-8-3-10-37(50)28-34)17-16-36(31-51)42(45)33-64-44-15-7-19-62-48(44)54-49(56-62)52-38-11-5-13-40(30-38)60-26-22-58(2)23-27-60/h3-19,28-30H,20-27,32-33H2,1-2H3,(H,52,56). The summed E-state index contributed by atoms with van der Waals surface area (Å²) in [5, 5.41) is 24.4. The lowest BCUT2D eigenvalue weighted by Crippen LogP contribution is -2.44. The van der Waals surface area contributed by atoms with Crippen molar-refractivity contribution in [1.82, 2.24) is 39.0 Å². The Balaban J connectivity index is 0.998. The molecule has 10 rings (SSSR count). The number of likely N-dealkylation sites (N-methyl/N-ethyl adjacent to an activating group) is 2. The van der Waals surface area contributed by atoms with E-state index >= 15 is 0 Å². The fourth-order valence-electron chi connectivity index (χ4n) is 8.41. The van der Waals surface area contributed by atoms with Gasteiger partial charge in [0, 0.05) is 104 Å². The molecule has 6 heterocycles. The molecular formula is C49H47ClN12O2. The Morgan fingerprint density at radius 3 is 2.00 bits per heavy atom. The van der Waals surface area contributed by atoms with Crippen molar-refractivity contribution in [2.75, 3.05) is 81.6 Å². The fourth-order valence-corrected chi connectivity index (χ4v) is 8.62. The molecule has 0 bridgehead atoms. The van der Waals surface area contributed by atoms with E-state index in [-0.39, 0.29) is 6.61 Å². The first-order valence-electron chi connectivity index (χ1n) is 21.5. The van der Waals surface area contributed by atoms with Gasteiger partial charge in [-0.05, 0) is 104 Å². The molecular weight excluding hydrogens is 824 g/mol. The van der Waals surface area contributed by atoms with Crippen LogP contribution in [0.2, 0.25) is 5.02 Å². The predicted molar refractivity (Wildman–Crippen MR) is 251 cm³/mol. The third-order valence-electron chi connectivity index (χ3n) is 12.0. The molecule has 2 fully saturated rings. The Hall–Kier alpha value is -7.18. The predicted octanol–water partition coefficient (Wildman–Crippen LogP) is 8.04. The van der Waals surface area contributed by atoms with E-state index in [1.165, 1.54) is 0 Å². The number of nitriles is 1. The first-order chi connectivity index (χ1) is 31.3. The quantitative estimate of drug-likeness (QED) is 0.128. The number of fused-ring (bicyclic) bond motifs is 2. The summed E-state index contributed by atoms with van der Waals surface area (Å²) in [6.07, 6.45) is 3.70. The van der Waals surface area contributed by atoms with Crippen molar-refractivity contribution >= 4 is 45.9 Å². The van der Waals surface area contributed by atoms with Crippen LogP contribution in [-0.2, 0) is 13.2 Å². The Morgan fingerprint density at radius 1 is 0.656 bits per heavy atom. The molecule has 8 aromatic rings. The molecule has 2 saturated heterocycles. The van der Waals surface area contributed by atoms with E-state index in [4.69, 9.17) is 41.2 Å². The Bertz CT molecular complexity index is 3000. The van der Waals surface area contributed by atoms with E-state index in [1.54, 1.807) is 9.03 Å². The number of pyridine rings is 2. The number of halogens is 1. The van der Waals surface area contributed by atoms with Crippen LogP contribution < -0.4 is 24.6 Å². The van der Waals surface area contributed by atoms with Gasteiger partial charge in [0.1, 0.15) is 13.2 Å². The Kier molecular flexibility index (Phi) is 11.4. The molecule has 0 atom stereocenters. The van der Waals surface area contributed by atoms with Crippen molar-refractivity contribution in [3.63, 3.8) is 0 Å². The number of aromatic nitrogens is 6. The first kappa shape index (κ1) is 40.9. The zero-order valence-electron chi connectivity index (χ0n) is 35.7. The monoisotopic (exact) mass is 870 g/mol. The van der Waals surface area contributed by atoms with Crippen LogP contribution in [0.5, 0.6) is 11.5 Å². The second-order valence-corrected chi connectivity index (χ2v) is 16.7. The smallest absolute Gasteiger partial charge is 0.247 e. The molecule has 15 heteroatoms. The van der Waals surface area contributed by atoms with Gasteiger partial charge in [0.15, 0.2) is 28.6 Å². The summed E-state index contributed by atoms with van der Waals surface area (Å²) >= 11 is 6.26. The molecule has 14 nitrogen and oxygen atoms in total. The molecule has 64 heavy (non-hydrogen) atoms. The number of hydrogen-bond donors (Lipinski definition) is 1. The van der Waals surface area contributed by atoms with Gasteiger partial charge >= 0.3 is 0 Å². The van der Waals surface area contributed by atoms with Crippen LogP contribution in [0.1, 0.15) is 16.7 Å². The van der Waals surface area contributed by atoms with Crippen molar-refractivity contribution in [3.8, 4) is 40.1 Å². The van der Waals surface area contributed by atoms with Crippen LogP contribution in [0, 0.1) is 11.3 Å². The lowest BCUT2D eigenvalue weighted by Gasteiger charge is -2.34. The highest BCUT2D eigenvalue weighted by molar-refractivity contribution is 6.30. The first-order valence-corrected chi connectivity index (χ1v) is 21.8. The van der Waals surface area contributed by atoms with Crippen molar-refractivity contribution < 1.29 is 9.47 Å². The van der Waals surface area contributed by atoms with Crippen LogP contribution in [-0.4, -0.2) is 105 Å². The third kappa shape index (κ3) is 8.61. The van der Waals surface area contributed by atoms with Crippen LogP contribution >= 0.6 is 11.6 Å². The molecule has 0 spiro atoms. The van der Waals surface area contributed by atoms with Crippen molar-refractivity contribution in [3.05, 3.63) is 143 Å². The summed E-state index contributed by atoms with van der Waals surface area (Å²) in [4.78, 5) is 19.4. The van der Waals surface area contributed by atoms with Crippen LogP contribution in [0.25, 0.3) is 33.8 Å². The van der Waals surface area contributed by atoms with Gasteiger partial charge in [0.2, 0.25) is 5.95 Å². The zero-order valence-corrected chi connectivity index (χ0v) is 36.5. The summed E-state index contributed by atoms with van der Waals surface area (Å²) in [6, 6.07) is 38.2. The highest BCUT2D eigenvalue weighted by Gasteiger charge is 2.24. The van der Waals surface area contributed by atoms with E-state index < -0.39 is 0 Å².